The lowest BCUT2D eigenvalue weighted by atomic mass is 10.2. The van der Waals surface area contributed by atoms with Gasteiger partial charge in [0.1, 0.15) is 0 Å². The van der Waals surface area contributed by atoms with E-state index in [1.807, 2.05) is 20.2 Å². The molecule has 0 unspecified atom stereocenters. The van der Waals surface area contributed by atoms with Crippen LogP contribution in [-0.4, -0.2) is 27.4 Å². The average molecular weight is 223 g/mol. The van der Waals surface area contributed by atoms with Crippen LogP contribution in [0, 0.1) is 0 Å². The maximum atomic E-state index is 10.4. The fourth-order valence-corrected chi connectivity index (χ4v) is 1.44. The smallest absolute Gasteiger partial charge is 0.328 e. The van der Waals surface area contributed by atoms with Gasteiger partial charge >= 0.3 is 5.97 Å². The van der Waals surface area contributed by atoms with Crippen molar-refractivity contribution in [2.24, 2.45) is 7.05 Å². The number of carbonyl (C=O) groups is 1. The second kappa shape index (κ2) is 5.34. The van der Waals surface area contributed by atoms with Gasteiger partial charge in [0, 0.05) is 25.9 Å². The van der Waals surface area contributed by atoms with Gasteiger partial charge in [0.2, 0.25) is 0 Å². The first-order valence-electron chi connectivity index (χ1n) is 5.19. The Hall–Kier alpha value is -1.78. The summed E-state index contributed by atoms with van der Waals surface area (Å²) in [6.45, 7) is 4.33. The Labute approximate surface area is 94.8 Å². The maximum Gasteiger partial charge on any atom is 0.328 e. The van der Waals surface area contributed by atoms with Crippen LogP contribution in [0.1, 0.15) is 19.5 Å². The van der Waals surface area contributed by atoms with Crippen molar-refractivity contribution in [2.75, 3.05) is 11.9 Å². The van der Waals surface area contributed by atoms with Crippen molar-refractivity contribution in [1.82, 2.24) is 9.78 Å². The minimum absolute atomic E-state index is 0.519. The summed E-state index contributed by atoms with van der Waals surface area (Å²) in [5.41, 5.74) is 2.73. The zero-order valence-electron chi connectivity index (χ0n) is 9.82. The molecule has 5 heteroatoms. The number of nitrogens with zero attached hydrogens (tertiary/aromatic N) is 2. The molecule has 0 bridgehead atoms. The predicted molar refractivity (Wildman–Crippen MR) is 62.5 cm³/mol. The Morgan fingerprint density at radius 2 is 2.38 bits per heavy atom. The maximum absolute atomic E-state index is 10.4. The SMILES string of the molecule is CCc1nn(C)cc1NC/C(C)=C/C(=O)O. The van der Waals surface area contributed by atoms with E-state index in [0.29, 0.717) is 6.54 Å². The zero-order chi connectivity index (χ0) is 12.1. The highest BCUT2D eigenvalue weighted by Gasteiger charge is 2.04. The van der Waals surface area contributed by atoms with Gasteiger partial charge in [-0.2, -0.15) is 5.10 Å². The number of aliphatic carboxylic acids is 1. The number of aryl methyl sites for hydroxylation is 2. The van der Waals surface area contributed by atoms with Gasteiger partial charge in [-0.1, -0.05) is 6.92 Å². The van der Waals surface area contributed by atoms with E-state index in [9.17, 15) is 4.79 Å². The molecule has 0 aliphatic rings. The molecular formula is C11H17N3O2. The fraction of sp³-hybridized carbons (Fsp3) is 0.455. The van der Waals surface area contributed by atoms with Crippen molar-refractivity contribution in [3.63, 3.8) is 0 Å². The highest BCUT2D eigenvalue weighted by Crippen LogP contribution is 2.13. The molecule has 0 aliphatic carbocycles. The number of hydrogen-bond donors (Lipinski definition) is 2. The van der Waals surface area contributed by atoms with Crippen LogP contribution in [0.2, 0.25) is 0 Å². The highest BCUT2D eigenvalue weighted by molar-refractivity contribution is 5.80. The molecule has 88 valence electrons. The molecule has 2 N–H and O–H groups in total. The third-order valence-electron chi connectivity index (χ3n) is 2.17. The average Bonchev–Trinajstić information content (AvgIpc) is 2.55. The number of hydrogen-bond acceptors (Lipinski definition) is 3. The van der Waals surface area contributed by atoms with E-state index >= 15 is 0 Å². The third kappa shape index (κ3) is 3.42. The number of nitrogens with one attached hydrogen (secondary N) is 1. The molecule has 1 heterocycles. The van der Waals surface area contributed by atoms with Crippen LogP contribution >= 0.6 is 0 Å². The molecule has 0 saturated carbocycles. The molecule has 1 aromatic rings. The third-order valence-corrected chi connectivity index (χ3v) is 2.17. The lowest BCUT2D eigenvalue weighted by Gasteiger charge is -2.04. The van der Waals surface area contributed by atoms with E-state index in [-0.39, 0.29) is 0 Å². The summed E-state index contributed by atoms with van der Waals surface area (Å²) in [5, 5.41) is 16.0. The summed E-state index contributed by atoms with van der Waals surface area (Å²) in [6, 6.07) is 0. The van der Waals surface area contributed by atoms with Crippen LogP contribution < -0.4 is 5.32 Å². The van der Waals surface area contributed by atoms with E-state index in [4.69, 9.17) is 5.11 Å². The monoisotopic (exact) mass is 223 g/mol. The number of rotatable bonds is 5. The second-order valence-corrected chi connectivity index (χ2v) is 3.70. The summed E-state index contributed by atoms with van der Waals surface area (Å²) < 4.78 is 1.75. The van der Waals surface area contributed by atoms with Crippen molar-refractivity contribution in [3.05, 3.63) is 23.5 Å². The first-order valence-corrected chi connectivity index (χ1v) is 5.19. The molecule has 0 atom stereocenters. The second-order valence-electron chi connectivity index (χ2n) is 3.70. The van der Waals surface area contributed by atoms with Crippen LogP contribution in [0.15, 0.2) is 17.8 Å². The molecule has 1 rings (SSSR count). The lowest BCUT2D eigenvalue weighted by molar-refractivity contribution is -0.131. The van der Waals surface area contributed by atoms with Crippen LogP contribution in [-0.2, 0) is 18.3 Å². The summed E-state index contributed by atoms with van der Waals surface area (Å²) in [5.74, 6) is -0.916. The number of aromatic nitrogens is 2. The summed E-state index contributed by atoms with van der Waals surface area (Å²) in [7, 11) is 1.87. The van der Waals surface area contributed by atoms with Gasteiger partial charge in [0.05, 0.1) is 11.4 Å². The molecule has 0 aromatic carbocycles. The van der Waals surface area contributed by atoms with Gasteiger partial charge in [-0.15, -0.1) is 0 Å². The van der Waals surface area contributed by atoms with Gasteiger partial charge in [-0.25, -0.2) is 4.79 Å². The van der Waals surface area contributed by atoms with Crippen molar-refractivity contribution in [2.45, 2.75) is 20.3 Å². The Bertz CT molecular complexity index is 407. The van der Waals surface area contributed by atoms with Gasteiger partial charge in [0.25, 0.3) is 0 Å². The minimum Gasteiger partial charge on any atom is -0.478 e. The fourth-order valence-electron chi connectivity index (χ4n) is 1.44. The van der Waals surface area contributed by atoms with Crippen molar-refractivity contribution in [3.8, 4) is 0 Å². The van der Waals surface area contributed by atoms with Crippen molar-refractivity contribution < 1.29 is 9.90 Å². The Kier molecular flexibility index (Phi) is 4.10. The Balaban J connectivity index is 2.64. The minimum atomic E-state index is -0.916. The summed E-state index contributed by atoms with van der Waals surface area (Å²) in [6.07, 6.45) is 3.95. The molecule has 5 nitrogen and oxygen atoms in total. The van der Waals surface area contributed by atoms with Crippen LogP contribution in [0.3, 0.4) is 0 Å². The van der Waals surface area contributed by atoms with Crippen LogP contribution in [0.25, 0.3) is 0 Å². The topological polar surface area (TPSA) is 67.2 Å². The first kappa shape index (κ1) is 12.3. The zero-order valence-corrected chi connectivity index (χ0v) is 9.82. The van der Waals surface area contributed by atoms with Gasteiger partial charge in [-0.05, 0) is 18.9 Å². The molecule has 0 spiro atoms. The quantitative estimate of drug-likeness (QED) is 0.741. The van der Waals surface area contributed by atoms with Gasteiger partial charge in [-0.3, -0.25) is 4.68 Å². The molecule has 16 heavy (non-hydrogen) atoms. The van der Waals surface area contributed by atoms with Gasteiger partial charge in [0.15, 0.2) is 0 Å². The van der Waals surface area contributed by atoms with Crippen LogP contribution in [0.4, 0.5) is 5.69 Å². The number of carboxylic acids is 1. The summed E-state index contributed by atoms with van der Waals surface area (Å²) >= 11 is 0. The van der Waals surface area contributed by atoms with Gasteiger partial charge < -0.3 is 10.4 Å². The predicted octanol–water partition coefficient (Wildman–Crippen LogP) is 1.43. The van der Waals surface area contributed by atoms with Crippen LogP contribution in [0.5, 0.6) is 0 Å². The standard InChI is InChI=1S/C11H17N3O2/c1-4-9-10(7-14(3)13-9)12-6-8(2)5-11(15)16/h5,7,12H,4,6H2,1-3H3,(H,15,16)/b8-5+. The molecule has 1 aromatic heterocycles. The van der Waals surface area contributed by atoms with E-state index in [0.717, 1.165) is 23.4 Å². The van der Waals surface area contributed by atoms with E-state index < -0.39 is 5.97 Å². The Morgan fingerprint density at radius 3 is 2.94 bits per heavy atom. The highest BCUT2D eigenvalue weighted by atomic mass is 16.4. The van der Waals surface area contributed by atoms with E-state index in [1.165, 1.54) is 6.08 Å². The largest absolute Gasteiger partial charge is 0.478 e. The number of anilines is 1. The lowest BCUT2D eigenvalue weighted by Crippen LogP contribution is -2.05. The summed E-state index contributed by atoms with van der Waals surface area (Å²) in [4.78, 5) is 10.4. The molecule has 0 radical (unpaired) electrons. The molecule has 0 fully saturated rings. The van der Waals surface area contributed by atoms with Crippen molar-refractivity contribution >= 4 is 11.7 Å². The molecule has 0 amide bonds. The first-order chi connectivity index (χ1) is 7.52. The normalized spacial score (nSPS) is 11.6. The molecule has 0 saturated heterocycles. The van der Waals surface area contributed by atoms with E-state index in [1.54, 1.807) is 11.6 Å². The van der Waals surface area contributed by atoms with Crippen molar-refractivity contribution in [1.29, 1.82) is 0 Å². The van der Waals surface area contributed by atoms with E-state index in [2.05, 4.69) is 10.4 Å². The molecular weight excluding hydrogens is 206 g/mol. The number of carboxylic acid groups (broad SMARTS) is 1. The Morgan fingerprint density at radius 1 is 1.69 bits per heavy atom. The molecule has 0 aliphatic heterocycles.